The molecule has 0 aliphatic rings. The number of esters is 1. The van der Waals surface area contributed by atoms with Crippen LogP contribution in [0, 0.1) is 0 Å². The molecule has 0 amide bonds. The predicted octanol–water partition coefficient (Wildman–Crippen LogP) is 3.88. The first kappa shape index (κ1) is 16.4. The van der Waals surface area contributed by atoms with Crippen LogP contribution in [0.3, 0.4) is 0 Å². The molecular formula is C13H24O2. The number of carbonyl (C=O) groups excluding carboxylic acids is 1. The molecule has 0 rings (SSSR count). The Bertz CT molecular complexity index is 203. The van der Waals surface area contributed by atoms with E-state index in [2.05, 4.69) is 13.0 Å². The summed E-state index contributed by atoms with van der Waals surface area (Å²) in [4.78, 5) is 10.5. The number of allylic oxidation sites excluding steroid dienone is 3. The van der Waals surface area contributed by atoms with E-state index in [1.165, 1.54) is 12.5 Å². The largest absolute Gasteiger partial charge is 0.466 e. The normalized spacial score (nSPS) is 10.9. The Morgan fingerprint density at radius 3 is 2.33 bits per heavy atom. The van der Waals surface area contributed by atoms with Gasteiger partial charge in [-0.25, -0.2) is 0 Å². The van der Waals surface area contributed by atoms with Gasteiger partial charge in [0.2, 0.25) is 0 Å². The number of hydrogen-bond acceptors (Lipinski definition) is 2. The first-order valence-electron chi connectivity index (χ1n) is 5.65. The third-order valence-electron chi connectivity index (χ3n) is 1.54. The first-order valence-corrected chi connectivity index (χ1v) is 5.65. The van der Waals surface area contributed by atoms with Crippen molar-refractivity contribution in [1.29, 1.82) is 0 Å². The number of rotatable bonds is 5. The summed E-state index contributed by atoms with van der Waals surface area (Å²) in [6, 6.07) is 0. The van der Waals surface area contributed by atoms with Crippen LogP contribution in [0.5, 0.6) is 0 Å². The van der Waals surface area contributed by atoms with Crippen molar-refractivity contribution in [2.24, 2.45) is 0 Å². The molecule has 0 unspecified atom stereocenters. The van der Waals surface area contributed by atoms with E-state index >= 15 is 0 Å². The summed E-state index contributed by atoms with van der Waals surface area (Å²) in [6.45, 7) is 9.98. The summed E-state index contributed by atoms with van der Waals surface area (Å²) >= 11 is 0. The summed E-state index contributed by atoms with van der Waals surface area (Å²) in [5.74, 6) is -0.212. The van der Waals surface area contributed by atoms with Crippen LogP contribution < -0.4 is 0 Å². The number of carbonyl (C=O) groups is 1. The maximum atomic E-state index is 10.5. The van der Waals surface area contributed by atoms with E-state index in [4.69, 9.17) is 4.74 Å². The Morgan fingerprint density at radius 1 is 1.33 bits per heavy atom. The Morgan fingerprint density at radius 2 is 1.93 bits per heavy atom. The third-order valence-corrected chi connectivity index (χ3v) is 1.54. The van der Waals surface area contributed by atoms with Gasteiger partial charge in [0, 0.05) is 13.3 Å². The minimum atomic E-state index is -0.212. The van der Waals surface area contributed by atoms with Gasteiger partial charge in [-0.3, -0.25) is 4.79 Å². The van der Waals surface area contributed by atoms with Gasteiger partial charge in [-0.1, -0.05) is 39.0 Å². The molecule has 2 nitrogen and oxygen atoms in total. The molecule has 0 aromatic carbocycles. The van der Waals surface area contributed by atoms with Crippen molar-refractivity contribution in [2.45, 2.75) is 47.5 Å². The predicted molar refractivity (Wildman–Crippen MR) is 65.8 cm³/mol. The highest BCUT2D eigenvalue weighted by Gasteiger charge is 1.94. The van der Waals surface area contributed by atoms with Crippen molar-refractivity contribution < 1.29 is 9.53 Å². The zero-order valence-corrected chi connectivity index (χ0v) is 10.7. The molecule has 2 heteroatoms. The fourth-order valence-corrected chi connectivity index (χ4v) is 1.04. The van der Waals surface area contributed by atoms with Crippen LogP contribution in [0.4, 0.5) is 0 Å². The standard InChI is InChI=1S/C11H18O2.C2H6/c1-4-6-11(7-5-2)8-9-13-10(3)12;1-2/h4,6-7H,5,8-9H2,1-3H3;1-2H3/b6-4-,11-7+;. The Kier molecular flexibility index (Phi) is 14.1. The molecule has 0 saturated heterocycles. The SMILES string of the molecule is C/C=C\C(=C/CC)CCOC(C)=O.CC. The monoisotopic (exact) mass is 212 g/mol. The minimum absolute atomic E-state index is 0.212. The van der Waals surface area contributed by atoms with Crippen LogP contribution in [0.25, 0.3) is 0 Å². The van der Waals surface area contributed by atoms with Crippen molar-refractivity contribution in [3.8, 4) is 0 Å². The molecule has 0 spiro atoms. The highest BCUT2D eigenvalue weighted by atomic mass is 16.5. The summed E-state index contributed by atoms with van der Waals surface area (Å²) in [6.07, 6.45) is 8.00. The zero-order chi connectivity index (χ0) is 12.1. The molecule has 15 heavy (non-hydrogen) atoms. The minimum Gasteiger partial charge on any atom is -0.466 e. The second-order valence-corrected chi connectivity index (χ2v) is 2.78. The average Bonchev–Trinajstić information content (AvgIpc) is 2.21. The van der Waals surface area contributed by atoms with E-state index in [1.54, 1.807) is 0 Å². The molecule has 0 N–H and O–H groups in total. The molecular weight excluding hydrogens is 188 g/mol. The van der Waals surface area contributed by atoms with E-state index in [1.807, 2.05) is 32.9 Å². The van der Waals surface area contributed by atoms with Gasteiger partial charge in [-0.05, 0) is 18.9 Å². The molecule has 0 aliphatic heterocycles. The molecule has 0 radical (unpaired) electrons. The van der Waals surface area contributed by atoms with Gasteiger partial charge in [-0.15, -0.1) is 0 Å². The van der Waals surface area contributed by atoms with E-state index in [0.29, 0.717) is 6.61 Å². The van der Waals surface area contributed by atoms with Gasteiger partial charge in [0.25, 0.3) is 0 Å². The van der Waals surface area contributed by atoms with Crippen LogP contribution >= 0.6 is 0 Å². The maximum absolute atomic E-state index is 10.5. The van der Waals surface area contributed by atoms with Gasteiger partial charge in [0.1, 0.15) is 0 Å². The number of ether oxygens (including phenoxy) is 1. The summed E-state index contributed by atoms with van der Waals surface area (Å²) in [5, 5.41) is 0. The smallest absolute Gasteiger partial charge is 0.302 e. The van der Waals surface area contributed by atoms with Crippen molar-refractivity contribution in [2.75, 3.05) is 6.61 Å². The first-order chi connectivity index (χ1) is 7.20. The van der Waals surface area contributed by atoms with E-state index < -0.39 is 0 Å². The Hall–Kier alpha value is -1.05. The average molecular weight is 212 g/mol. The quantitative estimate of drug-likeness (QED) is 0.510. The Labute approximate surface area is 94.0 Å². The highest BCUT2D eigenvalue weighted by molar-refractivity contribution is 5.65. The van der Waals surface area contributed by atoms with Crippen molar-refractivity contribution >= 4 is 5.97 Å². The zero-order valence-electron chi connectivity index (χ0n) is 10.7. The lowest BCUT2D eigenvalue weighted by Gasteiger charge is -2.02. The molecule has 0 heterocycles. The number of hydrogen-bond donors (Lipinski definition) is 0. The molecule has 88 valence electrons. The van der Waals surface area contributed by atoms with Crippen molar-refractivity contribution in [3.05, 3.63) is 23.8 Å². The topological polar surface area (TPSA) is 26.3 Å². The van der Waals surface area contributed by atoms with Crippen LogP contribution in [-0.2, 0) is 9.53 Å². The lowest BCUT2D eigenvalue weighted by molar-refractivity contribution is -0.140. The van der Waals surface area contributed by atoms with Gasteiger partial charge in [0.05, 0.1) is 6.61 Å². The highest BCUT2D eigenvalue weighted by Crippen LogP contribution is 2.05. The molecule has 0 bridgehead atoms. The second kappa shape index (κ2) is 12.9. The van der Waals surface area contributed by atoms with Crippen LogP contribution in [0.2, 0.25) is 0 Å². The summed E-state index contributed by atoms with van der Waals surface area (Å²) in [5.41, 5.74) is 1.23. The molecule has 0 aromatic heterocycles. The van der Waals surface area contributed by atoms with Crippen molar-refractivity contribution in [1.82, 2.24) is 0 Å². The van der Waals surface area contributed by atoms with Gasteiger partial charge < -0.3 is 4.74 Å². The van der Waals surface area contributed by atoms with E-state index in [9.17, 15) is 4.79 Å². The molecule has 0 aliphatic carbocycles. The van der Waals surface area contributed by atoms with Crippen LogP contribution in [-0.4, -0.2) is 12.6 Å². The lowest BCUT2D eigenvalue weighted by atomic mass is 10.1. The van der Waals surface area contributed by atoms with Crippen molar-refractivity contribution in [3.63, 3.8) is 0 Å². The van der Waals surface area contributed by atoms with E-state index in [-0.39, 0.29) is 5.97 Å². The fourth-order valence-electron chi connectivity index (χ4n) is 1.04. The summed E-state index contributed by atoms with van der Waals surface area (Å²) < 4.78 is 4.85. The van der Waals surface area contributed by atoms with Gasteiger partial charge >= 0.3 is 5.97 Å². The van der Waals surface area contributed by atoms with Crippen LogP contribution in [0.1, 0.15) is 47.5 Å². The van der Waals surface area contributed by atoms with E-state index in [0.717, 1.165) is 12.8 Å². The molecule has 0 saturated carbocycles. The second-order valence-electron chi connectivity index (χ2n) is 2.78. The Balaban J connectivity index is 0. The fraction of sp³-hybridized carbons (Fsp3) is 0.615. The lowest BCUT2D eigenvalue weighted by Crippen LogP contribution is -2.00. The van der Waals surface area contributed by atoms with Gasteiger partial charge in [-0.2, -0.15) is 0 Å². The third kappa shape index (κ3) is 12.9. The van der Waals surface area contributed by atoms with Gasteiger partial charge in [0.15, 0.2) is 0 Å². The maximum Gasteiger partial charge on any atom is 0.302 e. The molecule has 0 fully saturated rings. The summed E-state index contributed by atoms with van der Waals surface area (Å²) in [7, 11) is 0. The molecule has 0 aromatic rings. The molecule has 0 atom stereocenters. The van der Waals surface area contributed by atoms with Crippen LogP contribution in [0.15, 0.2) is 23.8 Å².